The highest BCUT2D eigenvalue weighted by molar-refractivity contribution is 5.90. The van der Waals surface area contributed by atoms with Gasteiger partial charge >= 0.3 is 6.09 Å². The lowest BCUT2D eigenvalue weighted by Crippen LogP contribution is -2.33. The Kier molecular flexibility index (Phi) is 4.66. The summed E-state index contributed by atoms with van der Waals surface area (Å²) in [5, 5.41) is 7.04. The molecule has 2 aromatic rings. The van der Waals surface area contributed by atoms with E-state index in [0.717, 1.165) is 17.7 Å². The summed E-state index contributed by atoms with van der Waals surface area (Å²) in [5.41, 5.74) is 3.10. The highest BCUT2D eigenvalue weighted by Gasteiger charge is 2.33. The van der Waals surface area contributed by atoms with E-state index in [2.05, 4.69) is 10.4 Å². The number of carbonyl (C=O) groups excluding carboxylic acids is 2. The van der Waals surface area contributed by atoms with Crippen LogP contribution in [-0.2, 0) is 29.5 Å². The Morgan fingerprint density at radius 2 is 2.25 bits per heavy atom. The Balaban J connectivity index is 1.48. The number of amides is 2. The van der Waals surface area contributed by atoms with Gasteiger partial charge in [-0.3, -0.25) is 14.4 Å². The number of cyclic esters (lactones) is 1. The number of aryl methyl sites for hydroxylation is 1. The van der Waals surface area contributed by atoms with Gasteiger partial charge in [0.05, 0.1) is 30.2 Å². The summed E-state index contributed by atoms with van der Waals surface area (Å²) in [4.78, 5) is 26.5. The second kappa shape index (κ2) is 7.14. The maximum Gasteiger partial charge on any atom is 0.414 e. The Labute approximate surface area is 161 Å². The summed E-state index contributed by atoms with van der Waals surface area (Å²) in [5.74, 6) is -0.578. The van der Waals surface area contributed by atoms with Gasteiger partial charge < -0.3 is 15.0 Å². The van der Waals surface area contributed by atoms with Crippen molar-refractivity contribution in [2.45, 2.75) is 26.0 Å². The predicted octanol–water partition coefficient (Wildman–Crippen LogP) is 1.58. The SMILES string of the molecule is CC(=O)NCC1CN(c2ccc(N3CCc4nn(C)cc4C3)c(F)c2)C(=O)O1. The number of nitrogens with one attached hydrogen (secondary N) is 1. The second-order valence-electron chi connectivity index (χ2n) is 7.14. The smallest absolute Gasteiger partial charge is 0.414 e. The normalized spacial score (nSPS) is 18.8. The molecule has 0 bridgehead atoms. The quantitative estimate of drug-likeness (QED) is 0.862. The molecule has 1 aromatic carbocycles. The fourth-order valence-corrected chi connectivity index (χ4v) is 3.67. The number of fused-ring (bicyclic) bond motifs is 1. The van der Waals surface area contributed by atoms with Crippen LogP contribution in [0.1, 0.15) is 18.2 Å². The zero-order chi connectivity index (χ0) is 19.8. The van der Waals surface area contributed by atoms with Crippen LogP contribution < -0.4 is 15.1 Å². The summed E-state index contributed by atoms with van der Waals surface area (Å²) in [6.07, 6.45) is 1.73. The Morgan fingerprint density at radius 1 is 1.43 bits per heavy atom. The number of hydrogen-bond acceptors (Lipinski definition) is 5. The van der Waals surface area contributed by atoms with E-state index in [-0.39, 0.29) is 24.8 Å². The number of hydrogen-bond donors (Lipinski definition) is 1. The molecule has 9 heteroatoms. The van der Waals surface area contributed by atoms with Gasteiger partial charge in [-0.1, -0.05) is 0 Å². The van der Waals surface area contributed by atoms with Crippen LogP contribution in [0.2, 0.25) is 0 Å². The molecule has 148 valence electrons. The number of aromatic nitrogens is 2. The maximum absolute atomic E-state index is 14.8. The lowest BCUT2D eigenvalue weighted by atomic mass is 10.1. The molecule has 2 aliphatic heterocycles. The second-order valence-corrected chi connectivity index (χ2v) is 7.14. The van der Waals surface area contributed by atoms with E-state index >= 15 is 0 Å². The summed E-state index contributed by atoms with van der Waals surface area (Å²) in [6, 6.07) is 4.77. The molecule has 1 aromatic heterocycles. The molecule has 1 N–H and O–H groups in total. The molecule has 4 rings (SSSR count). The summed E-state index contributed by atoms with van der Waals surface area (Å²) in [6.45, 7) is 3.19. The third-order valence-electron chi connectivity index (χ3n) is 5.01. The minimum atomic E-state index is -0.541. The van der Waals surface area contributed by atoms with Gasteiger partial charge in [0, 0.05) is 45.2 Å². The van der Waals surface area contributed by atoms with Gasteiger partial charge in [-0.25, -0.2) is 9.18 Å². The summed E-state index contributed by atoms with van der Waals surface area (Å²) in [7, 11) is 1.88. The molecule has 1 unspecified atom stereocenters. The van der Waals surface area contributed by atoms with E-state index in [1.807, 2.05) is 18.1 Å². The van der Waals surface area contributed by atoms with Crippen LogP contribution in [0.25, 0.3) is 0 Å². The van der Waals surface area contributed by atoms with Crippen molar-refractivity contribution in [1.82, 2.24) is 15.1 Å². The van der Waals surface area contributed by atoms with Gasteiger partial charge in [0.15, 0.2) is 0 Å². The monoisotopic (exact) mass is 387 g/mol. The Morgan fingerprint density at radius 3 is 3.00 bits per heavy atom. The lowest BCUT2D eigenvalue weighted by molar-refractivity contribution is -0.119. The first kappa shape index (κ1) is 18.3. The van der Waals surface area contributed by atoms with Crippen LogP contribution in [0.4, 0.5) is 20.6 Å². The largest absolute Gasteiger partial charge is 0.442 e. The van der Waals surface area contributed by atoms with Gasteiger partial charge in [-0.15, -0.1) is 0 Å². The zero-order valence-electron chi connectivity index (χ0n) is 15.8. The van der Waals surface area contributed by atoms with Crippen LogP contribution in [0.15, 0.2) is 24.4 Å². The van der Waals surface area contributed by atoms with E-state index in [0.29, 0.717) is 24.5 Å². The summed E-state index contributed by atoms with van der Waals surface area (Å²) >= 11 is 0. The van der Waals surface area contributed by atoms with E-state index in [9.17, 15) is 14.0 Å². The van der Waals surface area contributed by atoms with Crippen LogP contribution in [-0.4, -0.2) is 47.5 Å². The fraction of sp³-hybridized carbons (Fsp3) is 0.421. The van der Waals surface area contributed by atoms with E-state index in [1.165, 1.54) is 17.9 Å². The van der Waals surface area contributed by atoms with E-state index < -0.39 is 12.2 Å². The zero-order valence-corrected chi connectivity index (χ0v) is 15.8. The van der Waals surface area contributed by atoms with Crippen LogP contribution in [0, 0.1) is 5.82 Å². The summed E-state index contributed by atoms with van der Waals surface area (Å²) < 4.78 is 21.9. The Hall–Kier alpha value is -3.10. The molecule has 1 saturated heterocycles. The van der Waals surface area contributed by atoms with Crippen LogP contribution in [0.3, 0.4) is 0 Å². The minimum absolute atomic E-state index is 0.191. The first-order valence-electron chi connectivity index (χ1n) is 9.19. The van der Waals surface area contributed by atoms with Crippen LogP contribution in [0.5, 0.6) is 0 Å². The molecule has 28 heavy (non-hydrogen) atoms. The number of benzene rings is 1. The average molecular weight is 387 g/mol. The number of halogens is 1. The Bertz CT molecular complexity index is 928. The number of carbonyl (C=O) groups is 2. The number of anilines is 2. The standard InChI is InChI=1S/C19H22FN5O3/c1-12(26)21-8-15-11-25(19(27)28-15)14-3-4-18(16(20)7-14)24-6-5-17-13(10-24)9-23(2)22-17/h3-4,7,9,15H,5-6,8,10-11H2,1-2H3,(H,21,26). The third kappa shape index (κ3) is 3.51. The third-order valence-corrected chi connectivity index (χ3v) is 5.01. The molecule has 8 nitrogen and oxygen atoms in total. The lowest BCUT2D eigenvalue weighted by Gasteiger charge is -2.29. The highest BCUT2D eigenvalue weighted by atomic mass is 19.1. The van der Waals surface area contributed by atoms with Crippen molar-refractivity contribution in [2.24, 2.45) is 7.05 Å². The topological polar surface area (TPSA) is 79.7 Å². The molecule has 1 atom stereocenters. The molecule has 2 aliphatic rings. The van der Waals surface area contributed by atoms with E-state index in [1.54, 1.807) is 16.8 Å². The molecule has 1 fully saturated rings. The van der Waals surface area contributed by atoms with Crippen molar-refractivity contribution in [1.29, 1.82) is 0 Å². The first-order chi connectivity index (χ1) is 13.4. The predicted molar refractivity (Wildman–Crippen MR) is 101 cm³/mol. The van der Waals surface area contributed by atoms with Crippen molar-refractivity contribution < 1.29 is 18.7 Å². The van der Waals surface area contributed by atoms with Gasteiger partial charge in [0.2, 0.25) is 5.91 Å². The number of rotatable bonds is 4. The van der Waals surface area contributed by atoms with Crippen molar-refractivity contribution in [3.8, 4) is 0 Å². The molecular formula is C19H22FN5O3. The van der Waals surface area contributed by atoms with E-state index in [4.69, 9.17) is 4.74 Å². The number of ether oxygens (including phenoxy) is 1. The molecule has 0 aliphatic carbocycles. The van der Waals surface area contributed by atoms with Crippen molar-refractivity contribution in [3.05, 3.63) is 41.5 Å². The van der Waals surface area contributed by atoms with Crippen molar-refractivity contribution in [3.63, 3.8) is 0 Å². The molecule has 0 spiro atoms. The maximum atomic E-state index is 14.8. The number of nitrogens with zero attached hydrogens (tertiary/aromatic N) is 4. The van der Waals surface area contributed by atoms with Gasteiger partial charge in [-0.2, -0.15) is 5.10 Å². The first-order valence-corrected chi connectivity index (χ1v) is 9.19. The molecule has 2 amide bonds. The van der Waals surface area contributed by atoms with Crippen molar-refractivity contribution >= 4 is 23.4 Å². The minimum Gasteiger partial charge on any atom is -0.442 e. The van der Waals surface area contributed by atoms with Gasteiger partial charge in [-0.05, 0) is 18.2 Å². The van der Waals surface area contributed by atoms with Gasteiger partial charge in [0.1, 0.15) is 11.9 Å². The molecule has 0 radical (unpaired) electrons. The van der Waals surface area contributed by atoms with Gasteiger partial charge in [0.25, 0.3) is 0 Å². The average Bonchev–Trinajstić information content (AvgIpc) is 3.20. The van der Waals surface area contributed by atoms with Crippen molar-refractivity contribution in [2.75, 3.05) is 29.4 Å². The molecular weight excluding hydrogens is 365 g/mol. The molecule has 3 heterocycles. The molecule has 0 saturated carbocycles. The van der Waals surface area contributed by atoms with Crippen LogP contribution >= 0.6 is 0 Å². The fourth-order valence-electron chi connectivity index (χ4n) is 3.67. The highest BCUT2D eigenvalue weighted by Crippen LogP contribution is 2.30.